The van der Waals surface area contributed by atoms with Gasteiger partial charge in [0.1, 0.15) is 23.1 Å². The lowest BCUT2D eigenvalue weighted by atomic mass is 10.1. The summed E-state index contributed by atoms with van der Waals surface area (Å²) >= 11 is 0. The topological polar surface area (TPSA) is 55.6 Å². The van der Waals surface area contributed by atoms with E-state index in [0.717, 1.165) is 24.0 Å². The van der Waals surface area contributed by atoms with Crippen LogP contribution < -0.4 is 4.74 Å². The fraction of sp³-hybridized carbons (Fsp3) is 0.200. The molecule has 1 aliphatic rings. The summed E-state index contributed by atoms with van der Waals surface area (Å²) in [5, 5.41) is 0. The molecule has 0 bridgehead atoms. The van der Waals surface area contributed by atoms with Crippen LogP contribution in [0.25, 0.3) is 22.2 Å². The van der Waals surface area contributed by atoms with Gasteiger partial charge in [0.2, 0.25) is 5.89 Å². The first kappa shape index (κ1) is 19.3. The van der Waals surface area contributed by atoms with Crippen LogP contribution in [0.15, 0.2) is 77.2 Å². The number of carbonyl (C=O) groups is 1. The molecule has 1 fully saturated rings. The monoisotopic (exact) mass is 416 g/mol. The zero-order valence-corrected chi connectivity index (χ0v) is 16.8. The molecule has 6 heteroatoms. The first-order valence-corrected chi connectivity index (χ1v) is 10.3. The number of aromatic nitrogens is 1. The van der Waals surface area contributed by atoms with Gasteiger partial charge in [-0.2, -0.15) is 0 Å². The van der Waals surface area contributed by atoms with E-state index in [-0.39, 0.29) is 24.4 Å². The minimum atomic E-state index is -0.281. The van der Waals surface area contributed by atoms with E-state index in [2.05, 4.69) is 4.98 Å². The van der Waals surface area contributed by atoms with Gasteiger partial charge in [0.25, 0.3) is 5.91 Å². The standard InChI is InChI=1S/C25H21FN2O3/c26-19-7-4-6-17(14-19)18-11-12-23-21(15-18)27-25(31-23)22-10-5-13-28(22)24(29)16-30-20-8-2-1-3-9-20/h1-4,6-9,11-12,14-15,22H,5,10,13,16H2. The Labute approximate surface area is 179 Å². The number of rotatable bonds is 5. The first-order valence-electron chi connectivity index (χ1n) is 10.3. The number of nitrogens with zero attached hydrogens (tertiary/aromatic N) is 2. The molecule has 2 heterocycles. The lowest BCUT2D eigenvalue weighted by Gasteiger charge is -2.22. The SMILES string of the molecule is O=C(COc1ccccc1)N1CCCC1c1nc2cc(-c3cccc(F)c3)ccc2o1. The fourth-order valence-corrected chi connectivity index (χ4v) is 4.00. The van der Waals surface area contributed by atoms with E-state index in [1.54, 1.807) is 11.0 Å². The van der Waals surface area contributed by atoms with Crippen LogP contribution in [0.1, 0.15) is 24.8 Å². The highest BCUT2D eigenvalue weighted by Crippen LogP contribution is 2.34. The van der Waals surface area contributed by atoms with E-state index in [1.165, 1.54) is 12.1 Å². The Morgan fingerprint density at radius 2 is 1.90 bits per heavy atom. The first-order chi connectivity index (χ1) is 15.2. The number of ether oxygens (including phenoxy) is 1. The van der Waals surface area contributed by atoms with Gasteiger partial charge in [0.15, 0.2) is 12.2 Å². The summed E-state index contributed by atoms with van der Waals surface area (Å²) in [4.78, 5) is 19.2. The zero-order valence-electron chi connectivity index (χ0n) is 16.8. The summed E-state index contributed by atoms with van der Waals surface area (Å²) in [7, 11) is 0. The lowest BCUT2D eigenvalue weighted by molar-refractivity contribution is -0.134. The van der Waals surface area contributed by atoms with Crippen molar-refractivity contribution in [3.63, 3.8) is 0 Å². The average molecular weight is 416 g/mol. The Kier molecular flexibility index (Phi) is 5.12. The molecule has 1 atom stereocenters. The Balaban J connectivity index is 1.36. The predicted octanol–water partition coefficient (Wildman–Crippen LogP) is 5.38. The number of benzene rings is 3. The van der Waals surface area contributed by atoms with Crippen molar-refractivity contribution in [1.29, 1.82) is 0 Å². The zero-order chi connectivity index (χ0) is 21.2. The molecule has 31 heavy (non-hydrogen) atoms. The van der Waals surface area contributed by atoms with Crippen molar-refractivity contribution in [2.24, 2.45) is 0 Å². The van der Waals surface area contributed by atoms with Gasteiger partial charge in [-0.15, -0.1) is 0 Å². The van der Waals surface area contributed by atoms with Crippen LogP contribution >= 0.6 is 0 Å². The van der Waals surface area contributed by atoms with Crippen molar-refractivity contribution in [2.75, 3.05) is 13.2 Å². The van der Waals surface area contributed by atoms with Crippen LogP contribution in [0.5, 0.6) is 5.75 Å². The Hall–Kier alpha value is -3.67. The number of halogens is 1. The Morgan fingerprint density at radius 3 is 2.74 bits per heavy atom. The van der Waals surface area contributed by atoms with E-state index < -0.39 is 0 Å². The van der Waals surface area contributed by atoms with Gasteiger partial charge >= 0.3 is 0 Å². The number of amides is 1. The number of hydrogen-bond donors (Lipinski definition) is 0. The summed E-state index contributed by atoms with van der Waals surface area (Å²) in [5.74, 6) is 0.820. The van der Waals surface area contributed by atoms with Crippen molar-refractivity contribution in [3.8, 4) is 16.9 Å². The van der Waals surface area contributed by atoms with Crippen molar-refractivity contribution < 1.29 is 18.3 Å². The third-order valence-electron chi connectivity index (χ3n) is 5.53. The highest BCUT2D eigenvalue weighted by atomic mass is 19.1. The highest BCUT2D eigenvalue weighted by molar-refractivity contribution is 5.81. The van der Waals surface area contributed by atoms with E-state index in [0.29, 0.717) is 29.3 Å². The molecule has 1 saturated heterocycles. The van der Waals surface area contributed by atoms with Crippen molar-refractivity contribution in [2.45, 2.75) is 18.9 Å². The van der Waals surface area contributed by atoms with Crippen LogP contribution in [0.4, 0.5) is 4.39 Å². The largest absolute Gasteiger partial charge is 0.484 e. The molecule has 5 nitrogen and oxygen atoms in total. The second-order valence-corrected chi connectivity index (χ2v) is 7.59. The third-order valence-corrected chi connectivity index (χ3v) is 5.53. The maximum absolute atomic E-state index is 13.6. The highest BCUT2D eigenvalue weighted by Gasteiger charge is 2.33. The minimum Gasteiger partial charge on any atom is -0.484 e. The molecular weight excluding hydrogens is 395 g/mol. The van der Waals surface area contributed by atoms with Gasteiger partial charge in [-0.3, -0.25) is 4.79 Å². The number of likely N-dealkylation sites (tertiary alicyclic amines) is 1. The molecule has 0 spiro atoms. The molecule has 1 aliphatic heterocycles. The summed E-state index contributed by atoms with van der Waals surface area (Å²) < 4.78 is 25.2. The van der Waals surface area contributed by atoms with Gasteiger partial charge in [0, 0.05) is 6.54 Å². The Morgan fingerprint density at radius 1 is 1.06 bits per heavy atom. The molecule has 4 aromatic rings. The third kappa shape index (κ3) is 4.01. The number of oxazole rings is 1. The van der Waals surface area contributed by atoms with Crippen LogP contribution in [-0.2, 0) is 4.79 Å². The second-order valence-electron chi connectivity index (χ2n) is 7.59. The smallest absolute Gasteiger partial charge is 0.261 e. The predicted molar refractivity (Wildman–Crippen MR) is 115 cm³/mol. The van der Waals surface area contributed by atoms with Crippen LogP contribution in [0.3, 0.4) is 0 Å². The molecule has 0 radical (unpaired) electrons. The van der Waals surface area contributed by atoms with E-state index in [1.807, 2.05) is 54.6 Å². The van der Waals surface area contributed by atoms with Gasteiger partial charge < -0.3 is 14.1 Å². The van der Waals surface area contributed by atoms with Crippen LogP contribution in [0.2, 0.25) is 0 Å². The minimum absolute atomic E-state index is 0.0234. The number of carbonyl (C=O) groups excluding carboxylic acids is 1. The molecule has 0 saturated carbocycles. The summed E-state index contributed by atoms with van der Waals surface area (Å²) in [6.07, 6.45) is 1.68. The van der Waals surface area contributed by atoms with Gasteiger partial charge in [-0.05, 0) is 60.4 Å². The quantitative estimate of drug-likeness (QED) is 0.439. The van der Waals surface area contributed by atoms with Crippen LogP contribution in [0, 0.1) is 5.82 Å². The van der Waals surface area contributed by atoms with E-state index >= 15 is 0 Å². The number of fused-ring (bicyclic) bond motifs is 1. The van der Waals surface area contributed by atoms with Gasteiger partial charge in [-0.1, -0.05) is 36.4 Å². The van der Waals surface area contributed by atoms with E-state index in [9.17, 15) is 9.18 Å². The van der Waals surface area contributed by atoms with Crippen molar-refractivity contribution >= 4 is 17.0 Å². The number of hydrogen-bond acceptors (Lipinski definition) is 4. The molecule has 1 amide bonds. The summed E-state index contributed by atoms with van der Waals surface area (Å²) in [6, 6.07) is 21.1. The fourth-order valence-electron chi connectivity index (χ4n) is 4.00. The molecule has 1 aromatic heterocycles. The summed E-state index contributed by atoms with van der Waals surface area (Å²) in [6.45, 7) is 0.624. The normalized spacial score (nSPS) is 16.0. The van der Waals surface area contributed by atoms with Crippen LogP contribution in [-0.4, -0.2) is 28.9 Å². The maximum Gasteiger partial charge on any atom is 0.261 e. The molecule has 0 aliphatic carbocycles. The number of para-hydroxylation sites is 1. The molecular formula is C25H21FN2O3. The molecule has 5 rings (SSSR count). The van der Waals surface area contributed by atoms with Gasteiger partial charge in [0.05, 0.1) is 0 Å². The van der Waals surface area contributed by atoms with E-state index in [4.69, 9.17) is 9.15 Å². The maximum atomic E-state index is 13.6. The summed E-state index contributed by atoms with van der Waals surface area (Å²) in [5.41, 5.74) is 2.98. The lowest BCUT2D eigenvalue weighted by Crippen LogP contribution is -2.34. The molecule has 1 unspecified atom stereocenters. The Bertz CT molecular complexity index is 1220. The van der Waals surface area contributed by atoms with Crippen molar-refractivity contribution in [1.82, 2.24) is 9.88 Å². The molecule has 0 N–H and O–H groups in total. The molecule has 156 valence electrons. The van der Waals surface area contributed by atoms with Gasteiger partial charge in [-0.25, -0.2) is 9.37 Å². The second kappa shape index (κ2) is 8.22. The molecule has 3 aromatic carbocycles. The average Bonchev–Trinajstić information content (AvgIpc) is 3.44. The van der Waals surface area contributed by atoms with Crippen molar-refractivity contribution in [3.05, 3.63) is 84.5 Å².